The van der Waals surface area contributed by atoms with Crippen LogP contribution in [0.15, 0.2) is 58.8 Å². The summed E-state index contributed by atoms with van der Waals surface area (Å²) in [6, 6.07) is 13.7. The second kappa shape index (κ2) is 8.14. The van der Waals surface area contributed by atoms with Gasteiger partial charge in [-0.2, -0.15) is 10.2 Å². The Balaban J connectivity index is 2.06. The maximum atomic E-state index is 10.6. The standard InChI is InChI=1S/C17H19N3O3/c1-2-13(11-12-21)14-3-5-15(6-4-14)18-19-16-7-9-17(10-8-16)20(22)23/h3-10,13,21H,2,11-12H2,1H3. The average Bonchev–Trinajstić information content (AvgIpc) is 2.59. The second-order valence-electron chi connectivity index (χ2n) is 5.18. The van der Waals surface area contributed by atoms with E-state index in [1.54, 1.807) is 12.1 Å². The monoisotopic (exact) mass is 313 g/mol. The molecule has 0 heterocycles. The van der Waals surface area contributed by atoms with Gasteiger partial charge in [-0.05, 0) is 48.6 Å². The normalized spacial score (nSPS) is 12.4. The van der Waals surface area contributed by atoms with Crippen molar-refractivity contribution in [2.75, 3.05) is 6.61 Å². The van der Waals surface area contributed by atoms with Crippen LogP contribution in [0.1, 0.15) is 31.2 Å². The van der Waals surface area contributed by atoms with E-state index in [1.165, 1.54) is 17.7 Å². The molecule has 23 heavy (non-hydrogen) atoms. The molecule has 6 heteroatoms. The first-order chi connectivity index (χ1) is 11.1. The maximum absolute atomic E-state index is 10.6. The molecule has 0 aliphatic heterocycles. The highest BCUT2D eigenvalue weighted by atomic mass is 16.6. The average molecular weight is 313 g/mol. The van der Waals surface area contributed by atoms with E-state index in [9.17, 15) is 10.1 Å². The minimum absolute atomic E-state index is 0.0304. The molecule has 0 bridgehead atoms. The molecule has 0 aliphatic rings. The molecule has 0 saturated heterocycles. The second-order valence-corrected chi connectivity index (χ2v) is 5.18. The Morgan fingerprint density at radius 3 is 2.00 bits per heavy atom. The predicted octanol–water partition coefficient (Wildman–Crippen LogP) is 4.89. The van der Waals surface area contributed by atoms with Crippen LogP contribution in [-0.2, 0) is 0 Å². The van der Waals surface area contributed by atoms with Crippen LogP contribution < -0.4 is 0 Å². The largest absolute Gasteiger partial charge is 0.396 e. The molecule has 2 aromatic rings. The Labute approximate surface area is 134 Å². The fourth-order valence-electron chi connectivity index (χ4n) is 2.33. The van der Waals surface area contributed by atoms with Crippen molar-refractivity contribution in [1.82, 2.24) is 0 Å². The van der Waals surface area contributed by atoms with Crippen molar-refractivity contribution in [2.45, 2.75) is 25.7 Å². The van der Waals surface area contributed by atoms with Crippen molar-refractivity contribution in [2.24, 2.45) is 10.2 Å². The molecule has 2 aromatic carbocycles. The summed E-state index contributed by atoms with van der Waals surface area (Å²) in [5, 5.41) is 27.9. The molecule has 0 fully saturated rings. The number of hydrogen-bond acceptors (Lipinski definition) is 5. The van der Waals surface area contributed by atoms with Gasteiger partial charge in [0.25, 0.3) is 5.69 Å². The van der Waals surface area contributed by atoms with E-state index in [4.69, 9.17) is 5.11 Å². The predicted molar refractivity (Wildman–Crippen MR) is 88.4 cm³/mol. The number of nitro benzene ring substituents is 1. The highest BCUT2D eigenvalue weighted by Crippen LogP contribution is 2.26. The molecule has 0 saturated carbocycles. The lowest BCUT2D eigenvalue weighted by Crippen LogP contribution is -1.99. The Kier molecular flexibility index (Phi) is 5.94. The number of non-ortho nitro benzene ring substituents is 1. The summed E-state index contributed by atoms with van der Waals surface area (Å²) in [4.78, 5) is 10.1. The minimum atomic E-state index is -0.448. The number of nitro groups is 1. The van der Waals surface area contributed by atoms with E-state index < -0.39 is 4.92 Å². The molecular formula is C17H19N3O3. The number of hydrogen-bond donors (Lipinski definition) is 1. The van der Waals surface area contributed by atoms with Gasteiger partial charge in [-0.15, -0.1) is 0 Å². The Morgan fingerprint density at radius 1 is 1.04 bits per heavy atom. The smallest absolute Gasteiger partial charge is 0.269 e. The molecule has 2 rings (SSSR count). The van der Waals surface area contributed by atoms with Crippen molar-refractivity contribution < 1.29 is 10.0 Å². The fraction of sp³-hybridized carbons (Fsp3) is 0.294. The maximum Gasteiger partial charge on any atom is 0.269 e. The Morgan fingerprint density at radius 2 is 1.57 bits per heavy atom. The number of aliphatic hydroxyl groups excluding tert-OH is 1. The summed E-state index contributed by atoms with van der Waals surface area (Å²) in [6.07, 6.45) is 1.73. The lowest BCUT2D eigenvalue weighted by molar-refractivity contribution is -0.384. The third-order valence-corrected chi connectivity index (χ3v) is 3.68. The quantitative estimate of drug-likeness (QED) is 0.448. The van der Waals surface area contributed by atoms with Crippen LogP contribution in [0.25, 0.3) is 0 Å². The van der Waals surface area contributed by atoms with Crippen LogP contribution in [0, 0.1) is 10.1 Å². The van der Waals surface area contributed by atoms with Gasteiger partial charge in [0.1, 0.15) is 0 Å². The van der Waals surface area contributed by atoms with E-state index in [0.717, 1.165) is 12.8 Å². The molecule has 1 atom stereocenters. The van der Waals surface area contributed by atoms with Crippen LogP contribution >= 0.6 is 0 Å². The van der Waals surface area contributed by atoms with Crippen LogP contribution in [-0.4, -0.2) is 16.6 Å². The first kappa shape index (κ1) is 16.8. The third-order valence-electron chi connectivity index (χ3n) is 3.68. The van der Waals surface area contributed by atoms with E-state index in [1.807, 2.05) is 24.3 Å². The van der Waals surface area contributed by atoms with Crippen molar-refractivity contribution in [3.63, 3.8) is 0 Å². The number of nitrogens with zero attached hydrogens (tertiary/aromatic N) is 3. The van der Waals surface area contributed by atoms with E-state index in [2.05, 4.69) is 17.2 Å². The first-order valence-electron chi connectivity index (χ1n) is 7.51. The topological polar surface area (TPSA) is 88.1 Å². The summed E-state index contributed by atoms with van der Waals surface area (Å²) in [7, 11) is 0. The van der Waals surface area contributed by atoms with Crippen molar-refractivity contribution in [1.29, 1.82) is 0 Å². The van der Waals surface area contributed by atoms with Gasteiger partial charge >= 0.3 is 0 Å². The third kappa shape index (κ3) is 4.69. The SMILES string of the molecule is CCC(CCO)c1ccc(N=Nc2ccc([N+](=O)[O-])cc2)cc1. The van der Waals surface area contributed by atoms with Crippen LogP contribution in [0.5, 0.6) is 0 Å². The van der Waals surface area contributed by atoms with E-state index in [-0.39, 0.29) is 12.3 Å². The molecular weight excluding hydrogens is 294 g/mol. The lowest BCUT2D eigenvalue weighted by Gasteiger charge is -2.13. The van der Waals surface area contributed by atoms with Crippen LogP contribution in [0.2, 0.25) is 0 Å². The van der Waals surface area contributed by atoms with Gasteiger partial charge in [0, 0.05) is 18.7 Å². The number of rotatable bonds is 7. The molecule has 1 N–H and O–H groups in total. The van der Waals surface area contributed by atoms with Gasteiger partial charge in [0.05, 0.1) is 16.3 Å². The van der Waals surface area contributed by atoms with Gasteiger partial charge in [0.2, 0.25) is 0 Å². The van der Waals surface area contributed by atoms with Crippen LogP contribution in [0.4, 0.5) is 17.1 Å². The van der Waals surface area contributed by atoms with E-state index >= 15 is 0 Å². The summed E-state index contributed by atoms with van der Waals surface area (Å²) >= 11 is 0. The molecule has 120 valence electrons. The summed E-state index contributed by atoms with van der Waals surface area (Å²) in [6.45, 7) is 2.28. The van der Waals surface area contributed by atoms with Gasteiger partial charge in [-0.25, -0.2) is 0 Å². The zero-order valence-electron chi connectivity index (χ0n) is 12.9. The van der Waals surface area contributed by atoms with Gasteiger partial charge < -0.3 is 5.11 Å². The fourth-order valence-corrected chi connectivity index (χ4v) is 2.33. The van der Waals surface area contributed by atoms with E-state index in [0.29, 0.717) is 17.3 Å². The highest BCUT2D eigenvalue weighted by Gasteiger charge is 2.08. The van der Waals surface area contributed by atoms with Crippen molar-refractivity contribution >= 4 is 17.1 Å². The molecule has 0 aliphatic carbocycles. The Bertz CT molecular complexity index is 666. The zero-order valence-corrected chi connectivity index (χ0v) is 12.9. The van der Waals surface area contributed by atoms with Crippen LogP contribution in [0.3, 0.4) is 0 Å². The summed E-state index contributed by atoms with van der Waals surface area (Å²) in [5.41, 5.74) is 2.48. The number of aliphatic hydroxyl groups is 1. The molecule has 0 radical (unpaired) electrons. The number of azo groups is 1. The number of benzene rings is 2. The zero-order chi connectivity index (χ0) is 16.7. The van der Waals surface area contributed by atoms with Crippen molar-refractivity contribution in [3.05, 3.63) is 64.2 Å². The molecule has 6 nitrogen and oxygen atoms in total. The Hall–Kier alpha value is -2.60. The molecule has 0 aromatic heterocycles. The molecule has 0 amide bonds. The van der Waals surface area contributed by atoms with Gasteiger partial charge in [0.15, 0.2) is 0 Å². The lowest BCUT2D eigenvalue weighted by atomic mass is 9.93. The van der Waals surface area contributed by atoms with Gasteiger partial charge in [-0.3, -0.25) is 10.1 Å². The first-order valence-corrected chi connectivity index (χ1v) is 7.51. The summed E-state index contributed by atoms with van der Waals surface area (Å²) in [5.74, 6) is 0.348. The molecule has 0 spiro atoms. The minimum Gasteiger partial charge on any atom is -0.396 e. The van der Waals surface area contributed by atoms with Gasteiger partial charge in [-0.1, -0.05) is 19.1 Å². The molecule has 1 unspecified atom stereocenters. The summed E-state index contributed by atoms with van der Waals surface area (Å²) < 4.78 is 0. The highest BCUT2D eigenvalue weighted by molar-refractivity contribution is 5.45. The van der Waals surface area contributed by atoms with Crippen molar-refractivity contribution in [3.8, 4) is 0 Å².